The fourth-order valence-electron chi connectivity index (χ4n) is 2.30. The number of pyridine rings is 1. The molecule has 4 N–H and O–H groups in total. The van der Waals surface area contributed by atoms with Crippen LogP contribution in [0.1, 0.15) is 45.0 Å². The molecule has 28 heavy (non-hydrogen) atoms. The minimum atomic E-state index is -1.59. The van der Waals surface area contributed by atoms with Gasteiger partial charge in [0.05, 0.1) is 36.1 Å². The van der Waals surface area contributed by atoms with E-state index in [0.29, 0.717) is 23.9 Å². The molecule has 1 atom stereocenters. The summed E-state index contributed by atoms with van der Waals surface area (Å²) in [4.78, 5) is 18.3. The van der Waals surface area contributed by atoms with E-state index in [1.807, 2.05) is 20.8 Å². The van der Waals surface area contributed by atoms with Crippen LogP contribution in [0.3, 0.4) is 0 Å². The molecule has 2 aromatic heterocycles. The maximum Gasteiger partial charge on any atom is 0.255 e. The Bertz CT molecular complexity index is 801. The zero-order valence-electron chi connectivity index (χ0n) is 16.8. The number of hydrogen-bond acceptors (Lipinski definition) is 7. The number of nitrogens with zero attached hydrogens (tertiary/aromatic N) is 4. The fourth-order valence-corrected chi connectivity index (χ4v) is 2.30. The van der Waals surface area contributed by atoms with E-state index in [4.69, 9.17) is 0 Å². The second-order valence-electron chi connectivity index (χ2n) is 7.29. The summed E-state index contributed by atoms with van der Waals surface area (Å²) in [5.74, 6) is 0.543. The Morgan fingerprint density at radius 3 is 2.61 bits per heavy atom. The highest BCUT2D eigenvalue weighted by Gasteiger charge is 2.27. The SMILES string of the molecule is CCn1ncc(Nc2cc(NC(C)C)c(C(=O)NC[C@@H](F)C(C)(C)O)cn2)n1. The van der Waals surface area contributed by atoms with Gasteiger partial charge >= 0.3 is 0 Å². The van der Waals surface area contributed by atoms with Crippen molar-refractivity contribution >= 4 is 23.2 Å². The van der Waals surface area contributed by atoms with Crippen molar-refractivity contribution < 1.29 is 14.3 Å². The average molecular weight is 393 g/mol. The lowest BCUT2D eigenvalue weighted by Crippen LogP contribution is -2.42. The summed E-state index contributed by atoms with van der Waals surface area (Å²) in [6.45, 7) is 8.86. The Morgan fingerprint density at radius 2 is 2.04 bits per heavy atom. The molecule has 2 rings (SSSR count). The van der Waals surface area contributed by atoms with Crippen LogP contribution in [0, 0.1) is 0 Å². The number of aromatic nitrogens is 4. The van der Waals surface area contributed by atoms with E-state index in [-0.39, 0.29) is 18.2 Å². The summed E-state index contributed by atoms with van der Waals surface area (Å²) in [6, 6.07) is 1.75. The molecule has 0 aliphatic heterocycles. The topological polar surface area (TPSA) is 117 Å². The van der Waals surface area contributed by atoms with Crippen molar-refractivity contribution in [3.05, 3.63) is 24.0 Å². The minimum Gasteiger partial charge on any atom is -0.387 e. The number of carbonyl (C=O) groups excluding carboxylic acids is 1. The monoisotopic (exact) mass is 393 g/mol. The Balaban J connectivity index is 2.17. The summed E-state index contributed by atoms with van der Waals surface area (Å²) >= 11 is 0. The largest absolute Gasteiger partial charge is 0.387 e. The highest BCUT2D eigenvalue weighted by Crippen LogP contribution is 2.22. The molecule has 0 unspecified atom stereocenters. The highest BCUT2D eigenvalue weighted by atomic mass is 19.1. The van der Waals surface area contributed by atoms with Crippen LogP contribution < -0.4 is 16.0 Å². The quantitative estimate of drug-likeness (QED) is 0.515. The Morgan fingerprint density at radius 1 is 1.32 bits per heavy atom. The van der Waals surface area contributed by atoms with Crippen molar-refractivity contribution in [1.82, 2.24) is 25.3 Å². The third-order valence-electron chi connectivity index (χ3n) is 3.88. The van der Waals surface area contributed by atoms with Gasteiger partial charge in [-0.05, 0) is 34.6 Å². The molecule has 0 aromatic carbocycles. The van der Waals surface area contributed by atoms with Crippen molar-refractivity contribution in [2.75, 3.05) is 17.2 Å². The van der Waals surface area contributed by atoms with Gasteiger partial charge in [0.25, 0.3) is 5.91 Å². The van der Waals surface area contributed by atoms with Gasteiger partial charge in [-0.1, -0.05) is 0 Å². The molecule has 0 saturated carbocycles. The van der Waals surface area contributed by atoms with E-state index in [1.165, 1.54) is 24.8 Å². The summed E-state index contributed by atoms with van der Waals surface area (Å²) in [6.07, 6.45) is 1.40. The van der Waals surface area contributed by atoms with Crippen LogP contribution in [-0.4, -0.2) is 55.4 Å². The van der Waals surface area contributed by atoms with Gasteiger partial charge in [-0.15, -0.1) is 5.10 Å². The summed E-state index contributed by atoms with van der Waals surface area (Å²) in [7, 11) is 0. The third-order valence-corrected chi connectivity index (χ3v) is 3.88. The minimum absolute atomic E-state index is 0.0630. The van der Waals surface area contributed by atoms with Gasteiger partial charge in [0, 0.05) is 18.3 Å². The maximum absolute atomic E-state index is 13.9. The molecule has 2 heterocycles. The number of alkyl halides is 1. The Hall–Kier alpha value is -2.75. The second kappa shape index (κ2) is 8.96. The van der Waals surface area contributed by atoms with Crippen molar-refractivity contribution in [2.45, 2.75) is 59.0 Å². The smallest absolute Gasteiger partial charge is 0.255 e. The molecule has 10 heteroatoms. The van der Waals surface area contributed by atoms with E-state index in [1.54, 1.807) is 12.3 Å². The summed E-state index contributed by atoms with van der Waals surface area (Å²) in [5, 5.41) is 26.7. The van der Waals surface area contributed by atoms with Gasteiger partial charge < -0.3 is 21.1 Å². The van der Waals surface area contributed by atoms with E-state index in [2.05, 4.69) is 31.1 Å². The lowest BCUT2D eigenvalue weighted by molar-refractivity contribution is -0.00177. The van der Waals surface area contributed by atoms with Crippen LogP contribution in [-0.2, 0) is 6.54 Å². The zero-order valence-corrected chi connectivity index (χ0v) is 16.8. The van der Waals surface area contributed by atoms with Gasteiger partial charge in [0.1, 0.15) is 12.0 Å². The van der Waals surface area contributed by atoms with E-state index < -0.39 is 17.7 Å². The van der Waals surface area contributed by atoms with Crippen LogP contribution in [0.4, 0.5) is 21.7 Å². The van der Waals surface area contributed by atoms with Gasteiger partial charge in [-0.3, -0.25) is 4.79 Å². The van der Waals surface area contributed by atoms with Crippen molar-refractivity contribution in [2.24, 2.45) is 0 Å². The average Bonchev–Trinajstić information content (AvgIpc) is 3.05. The van der Waals surface area contributed by atoms with Crippen LogP contribution in [0.2, 0.25) is 0 Å². The highest BCUT2D eigenvalue weighted by molar-refractivity contribution is 5.99. The molecule has 0 spiro atoms. The summed E-state index contributed by atoms with van der Waals surface area (Å²) < 4.78 is 13.9. The molecule has 1 amide bonds. The molecule has 0 saturated heterocycles. The molecule has 0 aliphatic rings. The van der Waals surface area contributed by atoms with Crippen LogP contribution in [0.5, 0.6) is 0 Å². The molecule has 0 aliphatic carbocycles. The van der Waals surface area contributed by atoms with Gasteiger partial charge in [-0.2, -0.15) is 9.90 Å². The molecule has 2 aromatic rings. The molecule has 0 bridgehead atoms. The number of nitrogens with one attached hydrogen (secondary N) is 3. The number of halogens is 1. The first-order chi connectivity index (χ1) is 13.1. The number of hydrogen-bond donors (Lipinski definition) is 4. The number of amides is 1. The van der Waals surface area contributed by atoms with E-state index in [0.717, 1.165) is 0 Å². The number of rotatable bonds is 9. The molecule has 0 fully saturated rings. The molecular formula is C18H28FN7O2. The fraction of sp³-hybridized carbons (Fsp3) is 0.556. The molecule has 154 valence electrons. The van der Waals surface area contributed by atoms with Crippen molar-refractivity contribution in [3.63, 3.8) is 0 Å². The van der Waals surface area contributed by atoms with Crippen LogP contribution in [0.25, 0.3) is 0 Å². The van der Waals surface area contributed by atoms with E-state index >= 15 is 0 Å². The lowest BCUT2D eigenvalue weighted by atomic mass is 10.0. The maximum atomic E-state index is 13.9. The zero-order chi connectivity index (χ0) is 20.9. The van der Waals surface area contributed by atoms with Gasteiger partial charge in [0.2, 0.25) is 0 Å². The number of anilines is 3. The number of aliphatic hydroxyl groups is 1. The second-order valence-corrected chi connectivity index (χ2v) is 7.29. The van der Waals surface area contributed by atoms with Gasteiger partial charge in [-0.25, -0.2) is 9.37 Å². The molecular weight excluding hydrogens is 365 g/mol. The number of carbonyl (C=O) groups is 1. The van der Waals surface area contributed by atoms with E-state index in [9.17, 15) is 14.3 Å². The first-order valence-corrected chi connectivity index (χ1v) is 9.18. The standard InChI is InChI=1S/C18H28FN7O2/c1-6-26-22-10-16(25-26)24-15-7-13(23-11(2)3)12(8-20-15)17(27)21-9-14(19)18(4,5)28/h7-8,10-11,14,28H,6,9H2,1-5H3,(H,21,27)(H2,20,23,24,25)/t14-/m1/s1. The Labute approximate surface area is 163 Å². The lowest BCUT2D eigenvalue weighted by Gasteiger charge is -2.23. The molecule has 0 radical (unpaired) electrons. The first kappa shape index (κ1) is 21.5. The van der Waals surface area contributed by atoms with Gasteiger partial charge in [0.15, 0.2) is 5.82 Å². The predicted molar refractivity (Wildman–Crippen MR) is 106 cm³/mol. The number of aryl methyl sites for hydroxylation is 1. The van der Waals surface area contributed by atoms with Crippen molar-refractivity contribution in [3.8, 4) is 0 Å². The predicted octanol–water partition coefficient (Wildman–Crippen LogP) is 2.10. The first-order valence-electron chi connectivity index (χ1n) is 9.18. The van der Waals surface area contributed by atoms with Crippen molar-refractivity contribution in [1.29, 1.82) is 0 Å². The normalized spacial score (nSPS) is 12.7. The van der Waals surface area contributed by atoms with Crippen LogP contribution in [0.15, 0.2) is 18.5 Å². The summed E-state index contributed by atoms with van der Waals surface area (Å²) in [5.41, 5.74) is -0.709. The Kier molecular flexibility index (Phi) is 6.90. The molecule has 9 nitrogen and oxygen atoms in total. The third kappa shape index (κ3) is 5.88. The van der Waals surface area contributed by atoms with Crippen LogP contribution >= 0.6 is 0 Å².